The van der Waals surface area contributed by atoms with Crippen LogP contribution in [0.4, 0.5) is 0 Å². The molecule has 126 valence electrons. The van der Waals surface area contributed by atoms with Crippen LogP contribution in [0.2, 0.25) is 0 Å². The van der Waals surface area contributed by atoms with E-state index in [0.717, 1.165) is 30.6 Å². The number of rotatable bonds is 1. The molecule has 3 fully saturated rings. The molecule has 0 aromatic heterocycles. The summed E-state index contributed by atoms with van der Waals surface area (Å²) in [6.45, 7) is 9.05. The quantitative estimate of drug-likeness (QED) is 0.694. The highest BCUT2D eigenvalue weighted by Crippen LogP contribution is 2.64. The Morgan fingerprint density at radius 2 is 2.00 bits per heavy atom. The summed E-state index contributed by atoms with van der Waals surface area (Å²) in [6, 6.07) is 0.475. The highest BCUT2D eigenvalue weighted by Gasteiger charge is 2.59. The minimum Gasteiger partial charge on any atom is -0.342 e. The lowest BCUT2D eigenvalue weighted by Gasteiger charge is -2.61. The van der Waals surface area contributed by atoms with Crippen molar-refractivity contribution in [3.63, 3.8) is 0 Å². The van der Waals surface area contributed by atoms with Gasteiger partial charge in [0, 0.05) is 19.5 Å². The Kier molecular flexibility index (Phi) is 3.35. The predicted octanol–water partition coefficient (Wildman–Crippen LogP) is 4.57. The molecular weight excluding hydrogens is 282 g/mol. The molecule has 0 radical (unpaired) electrons. The molecule has 0 N–H and O–H groups in total. The van der Waals surface area contributed by atoms with Gasteiger partial charge in [-0.2, -0.15) is 0 Å². The highest BCUT2D eigenvalue weighted by molar-refractivity contribution is 5.77. The number of allylic oxidation sites excluding steroid dienone is 3. The molecule has 1 amide bonds. The summed E-state index contributed by atoms with van der Waals surface area (Å²) >= 11 is 0. The minimum atomic E-state index is 0.337. The maximum atomic E-state index is 12.2. The molecule has 1 heterocycles. The van der Waals surface area contributed by atoms with E-state index in [1.54, 1.807) is 0 Å². The third-order valence-electron chi connectivity index (χ3n) is 8.42. The Morgan fingerprint density at radius 1 is 1.22 bits per heavy atom. The number of amides is 1. The average molecular weight is 313 g/mol. The summed E-state index contributed by atoms with van der Waals surface area (Å²) in [6.07, 6.45) is 12.8. The molecule has 0 aromatic rings. The highest BCUT2D eigenvalue weighted by atomic mass is 16.2. The molecule has 0 spiro atoms. The van der Waals surface area contributed by atoms with Gasteiger partial charge in [0.1, 0.15) is 0 Å². The van der Waals surface area contributed by atoms with Crippen molar-refractivity contribution in [3.05, 3.63) is 24.3 Å². The molecule has 23 heavy (non-hydrogen) atoms. The second-order valence-corrected chi connectivity index (χ2v) is 9.04. The van der Waals surface area contributed by atoms with Gasteiger partial charge in [0.2, 0.25) is 5.91 Å². The molecule has 2 nitrogen and oxygen atoms in total. The Labute approximate surface area is 141 Å². The second-order valence-electron chi connectivity index (χ2n) is 9.04. The number of hydrogen-bond donors (Lipinski definition) is 0. The lowest BCUT2D eigenvalue weighted by atomic mass is 9.47. The van der Waals surface area contributed by atoms with Crippen molar-refractivity contribution in [2.75, 3.05) is 7.05 Å². The van der Waals surface area contributed by atoms with Gasteiger partial charge >= 0.3 is 0 Å². The fraction of sp³-hybridized carbons (Fsp3) is 0.762. The number of nitrogens with zero attached hydrogens (tertiary/aromatic N) is 1. The molecule has 1 aliphatic heterocycles. The Hall–Kier alpha value is -1.05. The molecule has 4 aliphatic rings. The standard InChI is InChI=1S/C21H31NO/c1-5-14-6-8-16-15-7-9-18-21(3,13-11-19(23)22(18)4)17(15)10-12-20(14,16)2/h5-6,15-18H,1,7-13H2,2-4H3/t15-,16-,17-,18?,20+,21+/m0/s1. The van der Waals surface area contributed by atoms with Gasteiger partial charge in [-0.15, -0.1) is 0 Å². The van der Waals surface area contributed by atoms with Crippen molar-refractivity contribution in [1.82, 2.24) is 4.90 Å². The number of carbonyl (C=O) groups is 1. The predicted molar refractivity (Wildman–Crippen MR) is 93.8 cm³/mol. The maximum absolute atomic E-state index is 12.2. The van der Waals surface area contributed by atoms with Crippen molar-refractivity contribution in [2.24, 2.45) is 28.6 Å². The topological polar surface area (TPSA) is 20.3 Å². The number of fused-ring (bicyclic) bond motifs is 5. The summed E-state index contributed by atoms with van der Waals surface area (Å²) in [4.78, 5) is 14.3. The zero-order valence-corrected chi connectivity index (χ0v) is 15.0. The summed E-state index contributed by atoms with van der Waals surface area (Å²) in [7, 11) is 2.05. The molecule has 3 aliphatic carbocycles. The van der Waals surface area contributed by atoms with E-state index in [-0.39, 0.29) is 0 Å². The third kappa shape index (κ3) is 1.90. The first-order valence-corrected chi connectivity index (χ1v) is 9.50. The van der Waals surface area contributed by atoms with Crippen molar-refractivity contribution in [2.45, 2.75) is 64.8 Å². The van der Waals surface area contributed by atoms with Gasteiger partial charge in [-0.05, 0) is 72.7 Å². The number of piperidine rings is 1. The molecule has 4 rings (SSSR count). The lowest BCUT2D eigenvalue weighted by molar-refractivity contribution is -0.156. The SMILES string of the molecule is C=CC1=CC[C@H]2[C@@H]3CCC4N(C)C(=O)CC[C@]4(C)[C@H]3CC[C@]12C. The van der Waals surface area contributed by atoms with Crippen LogP contribution in [0.5, 0.6) is 0 Å². The number of likely N-dealkylation sites (tertiary alicyclic amines) is 1. The zero-order valence-electron chi connectivity index (χ0n) is 15.0. The van der Waals surface area contributed by atoms with Gasteiger partial charge < -0.3 is 4.90 Å². The molecule has 0 bridgehead atoms. The van der Waals surface area contributed by atoms with Crippen molar-refractivity contribution >= 4 is 5.91 Å². The zero-order chi connectivity index (χ0) is 16.4. The number of carbonyl (C=O) groups excluding carboxylic acids is 1. The Morgan fingerprint density at radius 3 is 2.74 bits per heavy atom. The molecule has 2 heteroatoms. The van der Waals surface area contributed by atoms with Crippen LogP contribution in [0.25, 0.3) is 0 Å². The second kappa shape index (κ2) is 4.97. The van der Waals surface area contributed by atoms with E-state index in [1.165, 1.54) is 37.7 Å². The van der Waals surface area contributed by atoms with Crippen molar-refractivity contribution in [3.8, 4) is 0 Å². The fourth-order valence-electron chi connectivity index (χ4n) is 7.07. The first kappa shape index (κ1) is 15.5. The van der Waals surface area contributed by atoms with Crippen LogP contribution in [0.3, 0.4) is 0 Å². The normalized spacial score (nSPS) is 49.1. The van der Waals surface area contributed by atoms with Crippen LogP contribution in [0.15, 0.2) is 24.3 Å². The smallest absolute Gasteiger partial charge is 0.222 e. The van der Waals surface area contributed by atoms with E-state index in [1.807, 2.05) is 7.05 Å². The van der Waals surface area contributed by atoms with Crippen LogP contribution in [0, 0.1) is 28.6 Å². The van der Waals surface area contributed by atoms with E-state index in [4.69, 9.17) is 0 Å². The van der Waals surface area contributed by atoms with Gasteiger partial charge in [0.25, 0.3) is 0 Å². The van der Waals surface area contributed by atoms with Gasteiger partial charge in [0.05, 0.1) is 0 Å². The molecular formula is C21H31NO. The Balaban J connectivity index is 1.65. The lowest BCUT2D eigenvalue weighted by Crippen LogP contribution is -2.61. The van der Waals surface area contributed by atoms with Crippen LogP contribution in [0.1, 0.15) is 58.8 Å². The summed E-state index contributed by atoms with van der Waals surface area (Å²) in [5.41, 5.74) is 2.20. The van der Waals surface area contributed by atoms with Gasteiger partial charge in [0.15, 0.2) is 0 Å². The van der Waals surface area contributed by atoms with Crippen LogP contribution < -0.4 is 0 Å². The van der Waals surface area contributed by atoms with Gasteiger partial charge in [-0.1, -0.05) is 32.6 Å². The Bertz CT molecular complexity index is 578. The van der Waals surface area contributed by atoms with Gasteiger partial charge in [-0.25, -0.2) is 0 Å². The van der Waals surface area contributed by atoms with Crippen LogP contribution >= 0.6 is 0 Å². The largest absolute Gasteiger partial charge is 0.342 e. The summed E-state index contributed by atoms with van der Waals surface area (Å²) in [5, 5.41) is 0. The molecule has 1 unspecified atom stereocenters. The fourth-order valence-corrected chi connectivity index (χ4v) is 7.07. The summed E-state index contributed by atoms with van der Waals surface area (Å²) in [5.74, 6) is 2.80. The van der Waals surface area contributed by atoms with Crippen LogP contribution in [-0.4, -0.2) is 23.9 Å². The monoisotopic (exact) mass is 313 g/mol. The van der Waals surface area contributed by atoms with E-state index in [2.05, 4.69) is 37.5 Å². The van der Waals surface area contributed by atoms with E-state index in [9.17, 15) is 4.79 Å². The van der Waals surface area contributed by atoms with E-state index >= 15 is 0 Å². The minimum absolute atomic E-state index is 0.337. The summed E-state index contributed by atoms with van der Waals surface area (Å²) < 4.78 is 0. The van der Waals surface area contributed by atoms with E-state index in [0.29, 0.717) is 22.8 Å². The first-order chi connectivity index (χ1) is 10.9. The van der Waals surface area contributed by atoms with E-state index < -0.39 is 0 Å². The van der Waals surface area contributed by atoms with Gasteiger partial charge in [-0.3, -0.25) is 4.79 Å². The van der Waals surface area contributed by atoms with Crippen LogP contribution in [-0.2, 0) is 4.79 Å². The number of hydrogen-bond acceptors (Lipinski definition) is 1. The third-order valence-corrected chi connectivity index (χ3v) is 8.42. The molecule has 0 aromatic carbocycles. The molecule has 6 atom stereocenters. The maximum Gasteiger partial charge on any atom is 0.222 e. The molecule has 1 saturated heterocycles. The average Bonchev–Trinajstić information content (AvgIpc) is 2.88. The van der Waals surface area contributed by atoms with Crippen molar-refractivity contribution in [1.29, 1.82) is 0 Å². The molecule has 2 saturated carbocycles. The first-order valence-electron chi connectivity index (χ1n) is 9.50. The van der Waals surface area contributed by atoms with Crippen molar-refractivity contribution < 1.29 is 4.79 Å².